The fourth-order valence-electron chi connectivity index (χ4n) is 4.72. The summed E-state index contributed by atoms with van der Waals surface area (Å²) in [6.45, 7) is 5.90. The van der Waals surface area contributed by atoms with Crippen molar-refractivity contribution in [2.75, 3.05) is 32.9 Å². The van der Waals surface area contributed by atoms with E-state index in [1.54, 1.807) is 6.20 Å². The molecule has 0 radical (unpaired) electrons. The summed E-state index contributed by atoms with van der Waals surface area (Å²) < 4.78 is 11.6. The third-order valence-corrected chi connectivity index (χ3v) is 6.31. The minimum absolute atomic E-state index is 0.0244. The number of aromatic nitrogens is 2. The molecule has 1 aromatic rings. The summed E-state index contributed by atoms with van der Waals surface area (Å²) in [4.78, 5) is 27.5. The summed E-state index contributed by atoms with van der Waals surface area (Å²) in [7, 11) is 0. The number of nitrogens with zero attached hydrogens (tertiary/aromatic N) is 2. The highest BCUT2D eigenvalue weighted by Gasteiger charge is 2.43. The van der Waals surface area contributed by atoms with Crippen LogP contribution in [-0.4, -0.2) is 72.0 Å². The first-order valence-corrected chi connectivity index (χ1v) is 10.4. The molecular formula is C20H30N4O4. The van der Waals surface area contributed by atoms with Gasteiger partial charge in [0.25, 0.3) is 5.91 Å². The van der Waals surface area contributed by atoms with Gasteiger partial charge in [0.15, 0.2) is 0 Å². The van der Waals surface area contributed by atoms with Crippen molar-refractivity contribution in [3.63, 3.8) is 0 Å². The van der Waals surface area contributed by atoms with Gasteiger partial charge in [-0.2, -0.15) is 5.10 Å². The first-order chi connectivity index (χ1) is 13.7. The molecule has 8 heteroatoms. The Bertz CT molecular complexity index is 668. The molecule has 1 saturated carbocycles. The molecule has 3 heterocycles. The van der Waals surface area contributed by atoms with E-state index in [1.807, 2.05) is 4.90 Å². The minimum Gasteiger partial charge on any atom is -0.381 e. The van der Waals surface area contributed by atoms with Gasteiger partial charge < -0.3 is 19.7 Å². The van der Waals surface area contributed by atoms with E-state index in [1.165, 1.54) is 6.20 Å². The SMILES string of the molecule is CCCO[C@H]1C[C@@H](C(=O)N2C[C@H]3COC[C@H]3C2)CC[C@@H]1NC(=O)c1cn[nH]c1. The number of hydrogen-bond donors (Lipinski definition) is 2. The number of nitrogens with one attached hydrogen (secondary N) is 2. The smallest absolute Gasteiger partial charge is 0.254 e. The van der Waals surface area contributed by atoms with Gasteiger partial charge in [0.2, 0.25) is 5.91 Å². The van der Waals surface area contributed by atoms with E-state index in [0.29, 0.717) is 30.4 Å². The largest absolute Gasteiger partial charge is 0.381 e. The van der Waals surface area contributed by atoms with Crippen LogP contribution in [0.3, 0.4) is 0 Å². The number of hydrogen-bond acceptors (Lipinski definition) is 5. The number of H-pyrrole nitrogens is 1. The molecule has 1 aromatic heterocycles. The van der Waals surface area contributed by atoms with Gasteiger partial charge in [-0.1, -0.05) is 6.92 Å². The van der Waals surface area contributed by atoms with Crippen molar-refractivity contribution >= 4 is 11.8 Å². The molecule has 154 valence electrons. The second-order valence-corrected chi connectivity index (χ2v) is 8.29. The van der Waals surface area contributed by atoms with Crippen molar-refractivity contribution in [2.45, 2.75) is 44.8 Å². The van der Waals surface area contributed by atoms with Crippen molar-refractivity contribution in [2.24, 2.45) is 17.8 Å². The van der Waals surface area contributed by atoms with Gasteiger partial charge in [-0.05, 0) is 25.7 Å². The molecular weight excluding hydrogens is 360 g/mol. The van der Waals surface area contributed by atoms with E-state index in [9.17, 15) is 9.59 Å². The summed E-state index contributed by atoms with van der Waals surface area (Å²) in [5.41, 5.74) is 0.512. The second kappa shape index (κ2) is 8.61. The van der Waals surface area contributed by atoms with Crippen LogP contribution in [0.15, 0.2) is 12.4 Å². The molecule has 0 aromatic carbocycles. The Morgan fingerprint density at radius 1 is 1.32 bits per heavy atom. The Labute approximate surface area is 165 Å². The Morgan fingerprint density at radius 3 is 2.79 bits per heavy atom. The average molecular weight is 390 g/mol. The maximum absolute atomic E-state index is 13.1. The van der Waals surface area contributed by atoms with Gasteiger partial charge in [0.1, 0.15) is 0 Å². The van der Waals surface area contributed by atoms with Crippen LogP contribution in [0.2, 0.25) is 0 Å². The maximum atomic E-state index is 13.1. The molecule has 2 saturated heterocycles. The Balaban J connectivity index is 1.36. The second-order valence-electron chi connectivity index (χ2n) is 8.29. The topological polar surface area (TPSA) is 96.6 Å². The van der Waals surface area contributed by atoms with E-state index in [4.69, 9.17) is 9.47 Å². The summed E-state index contributed by atoms with van der Waals surface area (Å²) in [6.07, 6.45) is 6.07. The zero-order valence-corrected chi connectivity index (χ0v) is 16.4. The van der Waals surface area contributed by atoms with Crippen molar-refractivity contribution in [3.05, 3.63) is 18.0 Å². The molecule has 2 aliphatic heterocycles. The average Bonchev–Trinajstić information content (AvgIpc) is 3.43. The predicted molar refractivity (Wildman–Crippen MR) is 102 cm³/mol. The quantitative estimate of drug-likeness (QED) is 0.761. The minimum atomic E-state index is -0.152. The fourth-order valence-corrected chi connectivity index (χ4v) is 4.72. The van der Waals surface area contributed by atoms with E-state index in [2.05, 4.69) is 22.4 Å². The van der Waals surface area contributed by atoms with Crippen LogP contribution in [0.4, 0.5) is 0 Å². The van der Waals surface area contributed by atoms with Crippen molar-refractivity contribution in [1.82, 2.24) is 20.4 Å². The van der Waals surface area contributed by atoms with Gasteiger partial charge in [-0.25, -0.2) is 0 Å². The van der Waals surface area contributed by atoms with Crippen molar-refractivity contribution < 1.29 is 19.1 Å². The van der Waals surface area contributed by atoms with Gasteiger partial charge in [-0.15, -0.1) is 0 Å². The number of rotatable bonds is 6. The van der Waals surface area contributed by atoms with Crippen LogP contribution in [-0.2, 0) is 14.3 Å². The Morgan fingerprint density at radius 2 is 2.11 bits per heavy atom. The van der Waals surface area contributed by atoms with Crippen LogP contribution in [0.25, 0.3) is 0 Å². The standard InChI is InChI=1S/C20H30N4O4/c1-2-5-28-18-6-13(20(26)24-9-15-11-27-12-16(15)10-24)3-4-17(18)23-19(25)14-7-21-22-8-14/h7-8,13,15-18H,2-6,9-12H2,1H3,(H,21,22)(H,23,25)/t13-,15-,16+,17-,18-/m0/s1. The molecule has 2 N–H and O–H groups in total. The number of carbonyl (C=O) groups excluding carboxylic acids is 2. The van der Waals surface area contributed by atoms with Crippen LogP contribution in [0.5, 0.6) is 0 Å². The first-order valence-electron chi connectivity index (χ1n) is 10.4. The summed E-state index contributed by atoms with van der Waals surface area (Å²) >= 11 is 0. The molecule has 0 spiro atoms. The molecule has 1 aliphatic carbocycles. The summed E-state index contributed by atoms with van der Waals surface area (Å²) in [5, 5.41) is 9.57. The van der Waals surface area contributed by atoms with Gasteiger partial charge in [-0.3, -0.25) is 14.7 Å². The molecule has 28 heavy (non-hydrogen) atoms. The molecule has 3 aliphatic rings. The monoisotopic (exact) mass is 390 g/mol. The molecule has 3 fully saturated rings. The van der Waals surface area contributed by atoms with E-state index in [0.717, 1.165) is 45.6 Å². The molecule has 5 atom stereocenters. The Hall–Kier alpha value is -1.93. The third-order valence-electron chi connectivity index (χ3n) is 6.31. The molecule has 4 rings (SSSR count). The highest BCUT2D eigenvalue weighted by atomic mass is 16.5. The van der Waals surface area contributed by atoms with Crippen LogP contribution < -0.4 is 5.32 Å². The third kappa shape index (κ3) is 4.07. The number of likely N-dealkylation sites (tertiary alicyclic amines) is 1. The zero-order chi connectivity index (χ0) is 19.5. The van der Waals surface area contributed by atoms with E-state index in [-0.39, 0.29) is 29.9 Å². The highest BCUT2D eigenvalue weighted by Crippen LogP contribution is 2.34. The lowest BCUT2D eigenvalue weighted by Gasteiger charge is -2.37. The van der Waals surface area contributed by atoms with E-state index >= 15 is 0 Å². The van der Waals surface area contributed by atoms with Crippen LogP contribution >= 0.6 is 0 Å². The van der Waals surface area contributed by atoms with Crippen molar-refractivity contribution in [3.8, 4) is 0 Å². The van der Waals surface area contributed by atoms with Gasteiger partial charge >= 0.3 is 0 Å². The number of aromatic amines is 1. The maximum Gasteiger partial charge on any atom is 0.254 e. The summed E-state index contributed by atoms with van der Waals surface area (Å²) in [6, 6.07) is -0.0793. The normalized spacial score (nSPS) is 32.3. The molecule has 0 unspecified atom stereocenters. The summed E-state index contributed by atoms with van der Waals surface area (Å²) in [5.74, 6) is 1.08. The zero-order valence-electron chi connectivity index (χ0n) is 16.4. The number of amides is 2. The van der Waals surface area contributed by atoms with Gasteiger partial charge in [0, 0.05) is 43.6 Å². The fraction of sp³-hybridized carbons (Fsp3) is 0.750. The molecule has 2 amide bonds. The van der Waals surface area contributed by atoms with E-state index < -0.39 is 0 Å². The number of fused-ring (bicyclic) bond motifs is 1. The Kier molecular flexibility index (Phi) is 5.96. The first kappa shape index (κ1) is 19.4. The number of carbonyl (C=O) groups is 2. The number of ether oxygens (including phenoxy) is 2. The lowest BCUT2D eigenvalue weighted by molar-refractivity contribution is -0.138. The van der Waals surface area contributed by atoms with Crippen molar-refractivity contribution in [1.29, 1.82) is 0 Å². The van der Waals surface area contributed by atoms with Crippen LogP contribution in [0.1, 0.15) is 43.0 Å². The highest BCUT2D eigenvalue weighted by molar-refractivity contribution is 5.93. The molecule has 8 nitrogen and oxygen atoms in total. The van der Waals surface area contributed by atoms with Gasteiger partial charge in [0.05, 0.1) is 37.1 Å². The lowest BCUT2D eigenvalue weighted by Crippen LogP contribution is -2.50. The lowest BCUT2D eigenvalue weighted by atomic mass is 9.82. The predicted octanol–water partition coefficient (Wildman–Crippen LogP) is 1.21. The van der Waals surface area contributed by atoms with Crippen LogP contribution in [0, 0.1) is 17.8 Å². The molecule has 0 bridgehead atoms.